The van der Waals surface area contributed by atoms with E-state index in [1.54, 1.807) is 46.8 Å². The van der Waals surface area contributed by atoms with Crippen LogP contribution in [-0.4, -0.2) is 23.3 Å². The Labute approximate surface area is 154 Å². The van der Waals surface area contributed by atoms with E-state index >= 15 is 0 Å². The molecule has 0 bridgehead atoms. The number of hydrogen-bond acceptors (Lipinski definition) is 5. The molecule has 2 amide bonds. The first-order chi connectivity index (χ1) is 12.7. The van der Waals surface area contributed by atoms with Crippen molar-refractivity contribution in [1.82, 2.24) is 4.90 Å². The Morgan fingerprint density at radius 2 is 2.12 bits per heavy atom. The van der Waals surface area contributed by atoms with Crippen LogP contribution in [0.15, 0.2) is 58.5 Å². The maximum atomic E-state index is 13.1. The standard InChI is InChI=1S/C19H16N2O4S/c22-18-12-25-17-9-13(5-6-16(17)20-18)19(23)21(10-14-3-1-7-24-14)11-15-4-2-8-26-15/h1-9H,10-12H2,(H,20,22). The molecular weight excluding hydrogens is 352 g/mol. The molecule has 0 spiro atoms. The van der Waals surface area contributed by atoms with E-state index < -0.39 is 0 Å². The van der Waals surface area contributed by atoms with E-state index in [9.17, 15) is 9.59 Å². The van der Waals surface area contributed by atoms with Crippen molar-refractivity contribution in [3.05, 3.63) is 70.3 Å². The van der Waals surface area contributed by atoms with Crippen LogP contribution in [0.5, 0.6) is 5.75 Å². The van der Waals surface area contributed by atoms with E-state index in [-0.39, 0.29) is 18.4 Å². The molecule has 0 atom stereocenters. The van der Waals surface area contributed by atoms with Crippen LogP contribution in [0.3, 0.4) is 0 Å². The van der Waals surface area contributed by atoms with Gasteiger partial charge in [-0.1, -0.05) is 6.07 Å². The molecule has 4 rings (SSSR count). The van der Waals surface area contributed by atoms with Gasteiger partial charge < -0.3 is 19.4 Å². The lowest BCUT2D eigenvalue weighted by Crippen LogP contribution is -2.30. The van der Waals surface area contributed by atoms with Crippen molar-refractivity contribution in [2.75, 3.05) is 11.9 Å². The third kappa shape index (κ3) is 3.48. The van der Waals surface area contributed by atoms with Gasteiger partial charge in [0.1, 0.15) is 11.5 Å². The third-order valence-corrected chi connectivity index (χ3v) is 4.86. The minimum absolute atomic E-state index is 0.0457. The highest BCUT2D eigenvalue weighted by Crippen LogP contribution is 2.29. The molecule has 3 heterocycles. The number of carbonyl (C=O) groups is 2. The second-order valence-corrected chi connectivity index (χ2v) is 6.90. The fraction of sp³-hybridized carbons (Fsp3) is 0.158. The summed E-state index contributed by atoms with van der Waals surface area (Å²) in [5, 5.41) is 4.71. The first kappa shape index (κ1) is 16.4. The summed E-state index contributed by atoms with van der Waals surface area (Å²) in [6.45, 7) is 0.820. The first-order valence-corrected chi connectivity index (χ1v) is 8.98. The summed E-state index contributed by atoms with van der Waals surface area (Å²) in [4.78, 5) is 27.3. The quantitative estimate of drug-likeness (QED) is 0.748. The Morgan fingerprint density at radius 1 is 1.19 bits per heavy atom. The Bertz CT molecular complexity index is 883. The van der Waals surface area contributed by atoms with Crippen molar-refractivity contribution in [2.45, 2.75) is 13.1 Å². The highest BCUT2D eigenvalue weighted by atomic mass is 32.1. The average molecular weight is 368 g/mol. The number of carbonyl (C=O) groups excluding carboxylic acids is 2. The normalized spacial score (nSPS) is 12.8. The van der Waals surface area contributed by atoms with Crippen molar-refractivity contribution in [3.63, 3.8) is 0 Å². The summed E-state index contributed by atoms with van der Waals surface area (Å²) in [5.74, 6) is 0.896. The maximum absolute atomic E-state index is 13.1. The lowest BCUT2D eigenvalue weighted by molar-refractivity contribution is -0.118. The largest absolute Gasteiger partial charge is 0.482 e. The van der Waals surface area contributed by atoms with Gasteiger partial charge in [-0.25, -0.2) is 0 Å². The summed E-state index contributed by atoms with van der Waals surface area (Å²) in [6.07, 6.45) is 1.60. The molecule has 132 valence electrons. The lowest BCUT2D eigenvalue weighted by atomic mass is 10.1. The number of amides is 2. The third-order valence-electron chi connectivity index (χ3n) is 4.00. The fourth-order valence-corrected chi connectivity index (χ4v) is 3.49. The maximum Gasteiger partial charge on any atom is 0.262 e. The van der Waals surface area contributed by atoms with Gasteiger partial charge in [-0.15, -0.1) is 11.3 Å². The molecular formula is C19H16N2O4S. The molecule has 2 aromatic heterocycles. The van der Waals surface area contributed by atoms with Crippen molar-refractivity contribution in [3.8, 4) is 5.75 Å². The van der Waals surface area contributed by atoms with Crippen LogP contribution in [0.2, 0.25) is 0 Å². The average Bonchev–Trinajstić information content (AvgIpc) is 3.34. The molecule has 1 aliphatic rings. The Kier molecular flexibility index (Phi) is 4.45. The van der Waals surface area contributed by atoms with Crippen LogP contribution in [0.1, 0.15) is 21.0 Å². The topological polar surface area (TPSA) is 71.8 Å². The van der Waals surface area contributed by atoms with Gasteiger partial charge >= 0.3 is 0 Å². The van der Waals surface area contributed by atoms with E-state index in [0.717, 1.165) is 10.6 Å². The first-order valence-electron chi connectivity index (χ1n) is 8.10. The molecule has 1 N–H and O–H groups in total. The minimum atomic E-state index is -0.200. The van der Waals surface area contributed by atoms with Crippen molar-refractivity contribution >= 4 is 28.8 Å². The summed E-state index contributed by atoms with van der Waals surface area (Å²) < 4.78 is 10.8. The monoisotopic (exact) mass is 368 g/mol. The van der Waals surface area contributed by atoms with Crippen LogP contribution in [0, 0.1) is 0 Å². The van der Waals surface area contributed by atoms with E-state index in [1.165, 1.54) is 0 Å². The van der Waals surface area contributed by atoms with Crippen LogP contribution in [-0.2, 0) is 17.9 Å². The summed E-state index contributed by atoms with van der Waals surface area (Å²) in [7, 11) is 0. The zero-order valence-corrected chi connectivity index (χ0v) is 14.6. The molecule has 0 saturated heterocycles. The van der Waals surface area contributed by atoms with Gasteiger partial charge in [-0.3, -0.25) is 9.59 Å². The van der Waals surface area contributed by atoms with Crippen LogP contribution < -0.4 is 10.1 Å². The van der Waals surface area contributed by atoms with Crippen molar-refractivity contribution < 1.29 is 18.7 Å². The Balaban J connectivity index is 1.60. The van der Waals surface area contributed by atoms with Gasteiger partial charge in [0.2, 0.25) is 0 Å². The number of thiophene rings is 1. The number of nitrogens with one attached hydrogen (secondary N) is 1. The van der Waals surface area contributed by atoms with Gasteiger partial charge in [0, 0.05) is 10.4 Å². The second kappa shape index (κ2) is 7.05. The highest BCUT2D eigenvalue weighted by Gasteiger charge is 2.22. The molecule has 1 aliphatic heterocycles. The van der Waals surface area contributed by atoms with Gasteiger partial charge in [-0.05, 0) is 41.8 Å². The molecule has 0 aliphatic carbocycles. The number of hydrogen-bond donors (Lipinski definition) is 1. The predicted octanol–water partition coefficient (Wildman–Crippen LogP) is 3.51. The predicted molar refractivity (Wildman–Crippen MR) is 97.2 cm³/mol. The summed E-state index contributed by atoms with van der Waals surface area (Å²) in [6, 6.07) is 12.7. The van der Waals surface area contributed by atoms with E-state index in [0.29, 0.717) is 30.1 Å². The van der Waals surface area contributed by atoms with Gasteiger partial charge in [0.25, 0.3) is 11.8 Å². The summed E-state index contributed by atoms with van der Waals surface area (Å²) >= 11 is 1.60. The molecule has 0 unspecified atom stereocenters. The molecule has 26 heavy (non-hydrogen) atoms. The molecule has 0 saturated carbocycles. The summed E-state index contributed by atoms with van der Waals surface area (Å²) in [5.41, 5.74) is 1.08. The molecule has 1 aromatic carbocycles. The second-order valence-electron chi connectivity index (χ2n) is 5.87. The lowest BCUT2D eigenvalue weighted by Gasteiger charge is -2.23. The highest BCUT2D eigenvalue weighted by molar-refractivity contribution is 7.09. The Morgan fingerprint density at radius 3 is 2.88 bits per heavy atom. The number of fused-ring (bicyclic) bond motifs is 1. The molecule has 3 aromatic rings. The van der Waals surface area contributed by atoms with Crippen molar-refractivity contribution in [2.24, 2.45) is 0 Å². The number of benzene rings is 1. The van der Waals surface area contributed by atoms with Crippen LogP contribution in [0.25, 0.3) is 0 Å². The number of ether oxygens (including phenoxy) is 1. The van der Waals surface area contributed by atoms with Crippen molar-refractivity contribution in [1.29, 1.82) is 0 Å². The van der Waals surface area contributed by atoms with Crippen LogP contribution >= 0.6 is 11.3 Å². The Hall–Kier alpha value is -3.06. The van der Waals surface area contributed by atoms with E-state index in [2.05, 4.69) is 5.32 Å². The molecule has 0 fully saturated rings. The number of furan rings is 1. The van der Waals surface area contributed by atoms with E-state index in [4.69, 9.17) is 9.15 Å². The van der Waals surface area contributed by atoms with Gasteiger partial charge in [-0.2, -0.15) is 0 Å². The smallest absolute Gasteiger partial charge is 0.262 e. The minimum Gasteiger partial charge on any atom is -0.482 e. The molecule has 7 heteroatoms. The van der Waals surface area contributed by atoms with E-state index in [1.807, 2.05) is 23.6 Å². The number of anilines is 1. The SMILES string of the molecule is O=C1COc2cc(C(=O)N(Cc3ccco3)Cc3cccs3)ccc2N1. The number of nitrogens with zero attached hydrogens (tertiary/aromatic N) is 1. The fourth-order valence-electron chi connectivity index (χ4n) is 2.77. The molecule has 0 radical (unpaired) electrons. The zero-order valence-electron chi connectivity index (χ0n) is 13.8. The van der Waals surface area contributed by atoms with Crippen LogP contribution in [0.4, 0.5) is 5.69 Å². The molecule has 6 nitrogen and oxygen atoms in total. The number of rotatable bonds is 5. The van der Waals surface area contributed by atoms with Gasteiger partial charge in [0.15, 0.2) is 6.61 Å². The zero-order chi connectivity index (χ0) is 17.9. The van der Waals surface area contributed by atoms with Gasteiger partial charge in [0.05, 0.1) is 25.0 Å².